The van der Waals surface area contributed by atoms with Crippen molar-refractivity contribution < 1.29 is 9.59 Å². The van der Waals surface area contributed by atoms with Crippen LogP contribution in [0.2, 0.25) is 0 Å². The monoisotopic (exact) mass is 351 g/mol. The topological polar surface area (TPSA) is 80.1 Å². The molecule has 0 fully saturated rings. The number of rotatable bonds is 2. The quantitative estimate of drug-likeness (QED) is 0.885. The highest BCUT2D eigenvalue weighted by atomic mass is 16.2. The zero-order valence-electron chi connectivity index (χ0n) is 14.9. The fourth-order valence-corrected chi connectivity index (χ4v) is 3.65. The van der Waals surface area contributed by atoms with Crippen molar-refractivity contribution in [3.8, 4) is 0 Å². The van der Waals surface area contributed by atoms with E-state index in [4.69, 9.17) is 0 Å². The summed E-state index contributed by atoms with van der Waals surface area (Å²) in [6.07, 6.45) is 6.15. The molecule has 7 nitrogen and oxygen atoms in total. The second kappa shape index (κ2) is 6.40. The van der Waals surface area contributed by atoms with Crippen LogP contribution in [0.5, 0.6) is 0 Å². The number of hydrogen-bond acceptors (Lipinski definition) is 4. The van der Waals surface area contributed by atoms with Gasteiger partial charge in [0.15, 0.2) is 5.82 Å². The largest absolute Gasteiger partial charge is 0.357 e. The molecule has 1 atom stereocenters. The van der Waals surface area contributed by atoms with Gasteiger partial charge in [-0.25, -0.2) is 0 Å². The third kappa shape index (κ3) is 2.69. The van der Waals surface area contributed by atoms with Gasteiger partial charge in [0.25, 0.3) is 5.91 Å². The van der Waals surface area contributed by atoms with Crippen LogP contribution in [-0.2, 0) is 24.3 Å². The van der Waals surface area contributed by atoms with Gasteiger partial charge in [-0.3, -0.25) is 9.59 Å². The van der Waals surface area contributed by atoms with Gasteiger partial charge in [0.05, 0.1) is 13.1 Å². The lowest BCUT2D eigenvalue weighted by Crippen LogP contribution is -2.53. The van der Waals surface area contributed by atoms with E-state index < -0.39 is 6.04 Å². The Hall–Kier alpha value is -2.96. The number of carbonyl (C=O) groups is 2. The molecule has 0 saturated carbocycles. The average Bonchev–Trinajstić information content (AvgIpc) is 3.05. The molecule has 2 amide bonds. The Balaban J connectivity index is 1.69. The van der Waals surface area contributed by atoms with Crippen LogP contribution in [-0.4, -0.2) is 44.6 Å². The molecular formula is C19H21N5O2. The van der Waals surface area contributed by atoms with Crippen molar-refractivity contribution in [2.75, 3.05) is 7.05 Å². The van der Waals surface area contributed by atoms with E-state index in [1.807, 2.05) is 29.7 Å². The van der Waals surface area contributed by atoms with Gasteiger partial charge in [-0.1, -0.05) is 18.2 Å². The Morgan fingerprint density at radius 1 is 1.27 bits per heavy atom. The number of amides is 2. The maximum absolute atomic E-state index is 13.2. The zero-order chi connectivity index (χ0) is 18.3. The number of allylic oxidation sites excluding steroid dienone is 1. The number of aromatic nitrogens is 3. The minimum Gasteiger partial charge on any atom is -0.357 e. The Labute approximate surface area is 151 Å². The maximum Gasteiger partial charge on any atom is 0.255 e. The molecule has 2 aromatic rings. The minimum absolute atomic E-state index is 0.150. The van der Waals surface area contributed by atoms with E-state index in [1.165, 1.54) is 5.56 Å². The number of nitrogens with zero attached hydrogens (tertiary/aromatic N) is 4. The van der Waals surface area contributed by atoms with Crippen LogP contribution in [0.3, 0.4) is 0 Å². The van der Waals surface area contributed by atoms with Crippen molar-refractivity contribution in [1.82, 2.24) is 25.0 Å². The van der Waals surface area contributed by atoms with E-state index in [1.54, 1.807) is 11.9 Å². The first-order valence-electron chi connectivity index (χ1n) is 8.79. The van der Waals surface area contributed by atoms with Gasteiger partial charge in [0, 0.05) is 12.6 Å². The standard InChI is InChI=1S/C19H21N5O2/c1-12-21-22-17-11-24(16(10-23(12)17)18(25)20-2)19(26)15-8-7-13-5-3-4-6-14(13)9-15/h3,5,7-9,16H,4,6,10-11H2,1-2H3,(H,20,25). The second-order valence-electron chi connectivity index (χ2n) is 6.69. The third-order valence-electron chi connectivity index (χ3n) is 5.13. The first-order chi connectivity index (χ1) is 12.6. The summed E-state index contributed by atoms with van der Waals surface area (Å²) < 4.78 is 1.90. The summed E-state index contributed by atoms with van der Waals surface area (Å²) in [4.78, 5) is 27.2. The van der Waals surface area contributed by atoms with Gasteiger partial charge >= 0.3 is 0 Å². The van der Waals surface area contributed by atoms with Gasteiger partial charge in [-0.15, -0.1) is 10.2 Å². The van der Waals surface area contributed by atoms with Crippen LogP contribution in [0.1, 0.15) is 39.6 Å². The average molecular weight is 351 g/mol. The van der Waals surface area contributed by atoms with Crippen LogP contribution in [0.15, 0.2) is 24.3 Å². The summed E-state index contributed by atoms with van der Waals surface area (Å²) in [5.74, 6) is 1.12. The zero-order valence-corrected chi connectivity index (χ0v) is 14.9. The van der Waals surface area contributed by atoms with Crippen molar-refractivity contribution in [3.05, 3.63) is 52.6 Å². The van der Waals surface area contributed by atoms with Gasteiger partial charge < -0.3 is 14.8 Å². The Bertz CT molecular complexity index is 915. The first-order valence-corrected chi connectivity index (χ1v) is 8.79. The Morgan fingerprint density at radius 2 is 2.12 bits per heavy atom. The molecule has 1 aromatic heterocycles. The summed E-state index contributed by atoms with van der Waals surface area (Å²) in [5, 5.41) is 10.9. The van der Waals surface area contributed by atoms with Gasteiger partial charge in [0.2, 0.25) is 5.91 Å². The predicted molar refractivity (Wildman–Crippen MR) is 96.3 cm³/mol. The van der Waals surface area contributed by atoms with Crippen LogP contribution in [0, 0.1) is 6.92 Å². The molecule has 4 rings (SSSR count). The minimum atomic E-state index is -0.578. The van der Waals surface area contributed by atoms with Gasteiger partial charge in [-0.05, 0) is 43.0 Å². The maximum atomic E-state index is 13.2. The number of fused-ring (bicyclic) bond motifs is 2. The van der Waals surface area contributed by atoms with Crippen molar-refractivity contribution in [1.29, 1.82) is 0 Å². The molecule has 134 valence electrons. The second-order valence-corrected chi connectivity index (χ2v) is 6.69. The van der Waals surface area contributed by atoms with Crippen LogP contribution in [0.4, 0.5) is 0 Å². The number of carbonyl (C=O) groups excluding carboxylic acids is 2. The molecule has 1 unspecified atom stereocenters. The molecule has 0 radical (unpaired) electrons. The number of hydrogen-bond donors (Lipinski definition) is 1. The Morgan fingerprint density at radius 3 is 2.92 bits per heavy atom. The fourth-order valence-electron chi connectivity index (χ4n) is 3.65. The van der Waals surface area contributed by atoms with Crippen molar-refractivity contribution >= 4 is 17.9 Å². The molecule has 0 spiro atoms. The summed E-state index contributed by atoms with van der Waals surface area (Å²) in [5.41, 5.74) is 2.94. The Kier molecular flexibility index (Phi) is 4.06. The van der Waals surface area contributed by atoms with E-state index in [9.17, 15) is 9.59 Å². The molecule has 7 heteroatoms. The normalized spacial score (nSPS) is 18.2. The number of nitrogens with one attached hydrogen (secondary N) is 1. The highest BCUT2D eigenvalue weighted by molar-refractivity contribution is 5.98. The lowest BCUT2D eigenvalue weighted by molar-refractivity contribution is -0.126. The molecule has 0 bridgehead atoms. The van der Waals surface area contributed by atoms with Crippen LogP contribution in [0.25, 0.3) is 6.08 Å². The van der Waals surface area contributed by atoms with E-state index in [0.717, 1.165) is 24.2 Å². The summed E-state index contributed by atoms with van der Waals surface area (Å²) >= 11 is 0. The smallest absolute Gasteiger partial charge is 0.255 e. The van der Waals surface area contributed by atoms with Crippen molar-refractivity contribution in [2.24, 2.45) is 0 Å². The summed E-state index contributed by atoms with van der Waals surface area (Å²) in [6, 6.07) is 5.18. The predicted octanol–water partition coefficient (Wildman–Crippen LogP) is 1.32. The van der Waals surface area contributed by atoms with E-state index >= 15 is 0 Å². The lowest BCUT2D eigenvalue weighted by Gasteiger charge is -2.35. The molecule has 1 N–H and O–H groups in total. The van der Waals surface area contributed by atoms with Gasteiger partial charge in [-0.2, -0.15) is 0 Å². The molecule has 1 aliphatic heterocycles. The van der Waals surface area contributed by atoms with Crippen LogP contribution >= 0.6 is 0 Å². The van der Waals surface area contributed by atoms with E-state index in [2.05, 4.69) is 27.7 Å². The van der Waals surface area contributed by atoms with Crippen LogP contribution < -0.4 is 5.32 Å². The molecular weight excluding hydrogens is 330 g/mol. The van der Waals surface area contributed by atoms with Crippen molar-refractivity contribution in [3.63, 3.8) is 0 Å². The molecule has 26 heavy (non-hydrogen) atoms. The highest BCUT2D eigenvalue weighted by Gasteiger charge is 2.36. The molecule has 0 saturated heterocycles. The first kappa shape index (κ1) is 16.5. The number of benzene rings is 1. The lowest BCUT2D eigenvalue weighted by atomic mass is 9.95. The molecule has 1 aromatic carbocycles. The number of likely N-dealkylation sites (N-methyl/N-ethyl adjacent to an activating group) is 1. The molecule has 1 aliphatic carbocycles. The van der Waals surface area contributed by atoms with Gasteiger partial charge in [0.1, 0.15) is 11.9 Å². The highest BCUT2D eigenvalue weighted by Crippen LogP contribution is 2.24. The van der Waals surface area contributed by atoms with Crippen molar-refractivity contribution in [2.45, 2.75) is 38.9 Å². The summed E-state index contributed by atoms with van der Waals surface area (Å²) in [7, 11) is 1.59. The molecule has 2 aliphatic rings. The fraction of sp³-hybridized carbons (Fsp3) is 0.368. The third-order valence-corrected chi connectivity index (χ3v) is 5.13. The van der Waals surface area contributed by atoms with E-state index in [0.29, 0.717) is 17.9 Å². The van der Waals surface area contributed by atoms with E-state index in [-0.39, 0.29) is 18.4 Å². The SMILES string of the molecule is CNC(=O)C1Cn2c(C)nnc2CN1C(=O)c1ccc2c(c1)CCC=C2. The number of aryl methyl sites for hydroxylation is 2. The summed E-state index contributed by atoms with van der Waals surface area (Å²) in [6.45, 7) is 2.49. The molecule has 2 heterocycles.